The average molecular weight is 363 g/mol. The Morgan fingerprint density at radius 3 is 2.63 bits per heavy atom. The van der Waals surface area contributed by atoms with Crippen LogP contribution in [0.15, 0.2) is 65.2 Å². The van der Waals surface area contributed by atoms with Crippen molar-refractivity contribution in [2.75, 3.05) is 38.2 Å². The summed E-state index contributed by atoms with van der Waals surface area (Å²) in [5, 5.41) is 0. The molecule has 1 saturated heterocycles. The summed E-state index contributed by atoms with van der Waals surface area (Å²) in [7, 11) is 1.73. The standard InChI is InChI=1S/C22H25N3O2/c1-26-20-11-6-5-10-19(20)25-13-7-12-24(14-15-25)17-22-23-16-21(27-22)18-8-3-2-4-9-18/h2-6,8-11,16H,7,12-15,17H2,1H3. The fraction of sp³-hybridized carbons (Fsp3) is 0.318. The van der Waals surface area contributed by atoms with E-state index in [1.807, 2.05) is 48.7 Å². The van der Waals surface area contributed by atoms with Crippen molar-refractivity contribution in [2.45, 2.75) is 13.0 Å². The molecule has 3 aromatic rings. The second-order valence-electron chi connectivity index (χ2n) is 6.77. The molecule has 2 heterocycles. The van der Waals surface area contributed by atoms with Gasteiger partial charge in [-0.2, -0.15) is 0 Å². The number of hydrogen-bond acceptors (Lipinski definition) is 5. The zero-order chi connectivity index (χ0) is 18.5. The van der Waals surface area contributed by atoms with E-state index in [1.165, 1.54) is 5.69 Å². The van der Waals surface area contributed by atoms with E-state index in [0.717, 1.165) is 62.1 Å². The lowest BCUT2D eigenvalue weighted by atomic mass is 10.2. The minimum Gasteiger partial charge on any atom is -0.495 e. The van der Waals surface area contributed by atoms with Crippen LogP contribution in [-0.2, 0) is 6.54 Å². The highest BCUT2D eigenvalue weighted by Gasteiger charge is 2.19. The van der Waals surface area contributed by atoms with E-state index < -0.39 is 0 Å². The predicted octanol–water partition coefficient (Wildman–Crippen LogP) is 4.06. The van der Waals surface area contributed by atoms with Crippen LogP contribution in [0.5, 0.6) is 5.75 Å². The number of para-hydroxylation sites is 2. The van der Waals surface area contributed by atoms with Crippen molar-refractivity contribution in [3.05, 3.63) is 66.7 Å². The van der Waals surface area contributed by atoms with Crippen molar-refractivity contribution in [1.29, 1.82) is 0 Å². The topological polar surface area (TPSA) is 41.7 Å². The number of benzene rings is 2. The Morgan fingerprint density at radius 2 is 1.78 bits per heavy atom. The maximum atomic E-state index is 5.97. The number of hydrogen-bond donors (Lipinski definition) is 0. The van der Waals surface area contributed by atoms with Gasteiger partial charge in [0.05, 0.1) is 25.5 Å². The molecule has 0 aliphatic carbocycles. The zero-order valence-corrected chi connectivity index (χ0v) is 15.7. The molecule has 0 atom stereocenters. The van der Waals surface area contributed by atoms with Crippen LogP contribution in [0.25, 0.3) is 11.3 Å². The Kier molecular flexibility index (Phi) is 5.39. The average Bonchev–Trinajstić information content (AvgIpc) is 3.07. The fourth-order valence-electron chi connectivity index (χ4n) is 3.57. The minimum atomic E-state index is 0.743. The molecular weight excluding hydrogens is 338 g/mol. The molecule has 27 heavy (non-hydrogen) atoms. The molecule has 140 valence electrons. The Hall–Kier alpha value is -2.79. The van der Waals surface area contributed by atoms with Gasteiger partial charge in [-0.25, -0.2) is 4.98 Å². The number of aromatic nitrogens is 1. The second-order valence-corrected chi connectivity index (χ2v) is 6.77. The molecule has 0 saturated carbocycles. The third-order valence-corrected chi connectivity index (χ3v) is 4.99. The molecule has 1 fully saturated rings. The monoisotopic (exact) mass is 363 g/mol. The van der Waals surface area contributed by atoms with Gasteiger partial charge in [-0.05, 0) is 18.6 Å². The first kappa shape index (κ1) is 17.6. The van der Waals surface area contributed by atoms with Gasteiger partial charge in [-0.3, -0.25) is 4.90 Å². The summed E-state index contributed by atoms with van der Waals surface area (Å²) in [6.45, 7) is 4.74. The maximum Gasteiger partial charge on any atom is 0.209 e. The largest absolute Gasteiger partial charge is 0.495 e. The van der Waals surface area contributed by atoms with Crippen LogP contribution in [0, 0.1) is 0 Å². The zero-order valence-electron chi connectivity index (χ0n) is 15.7. The third kappa shape index (κ3) is 4.14. The molecule has 0 spiro atoms. The molecule has 0 bridgehead atoms. The lowest BCUT2D eigenvalue weighted by Crippen LogP contribution is -2.30. The van der Waals surface area contributed by atoms with Crippen LogP contribution >= 0.6 is 0 Å². The summed E-state index contributed by atoms with van der Waals surface area (Å²) in [6, 6.07) is 18.4. The molecule has 5 nitrogen and oxygen atoms in total. The first-order chi connectivity index (χ1) is 13.3. The normalized spacial score (nSPS) is 15.5. The van der Waals surface area contributed by atoms with E-state index in [-0.39, 0.29) is 0 Å². The smallest absolute Gasteiger partial charge is 0.209 e. The molecular formula is C22H25N3O2. The van der Waals surface area contributed by atoms with E-state index in [1.54, 1.807) is 7.11 Å². The van der Waals surface area contributed by atoms with Gasteiger partial charge in [0.25, 0.3) is 0 Å². The Labute approximate surface area is 160 Å². The van der Waals surface area contributed by atoms with Gasteiger partial charge < -0.3 is 14.1 Å². The van der Waals surface area contributed by atoms with Crippen LogP contribution in [0.1, 0.15) is 12.3 Å². The Morgan fingerprint density at radius 1 is 0.963 bits per heavy atom. The van der Waals surface area contributed by atoms with Gasteiger partial charge in [0.15, 0.2) is 5.76 Å². The summed E-state index contributed by atoms with van der Waals surface area (Å²) in [6.07, 6.45) is 2.92. The van der Waals surface area contributed by atoms with Gasteiger partial charge >= 0.3 is 0 Å². The van der Waals surface area contributed by atoms with E-state index in [4.69, 9.17) is 9.15 Å². The van der Waals surface area contributed by atoms with Gasteiger partial charge in [0.1, 0.15) is 5.75 Å². The van der Waals surface area contributed by atoms with Crippen molar-refractivity contribution in [3.63, 3.8) is 0 Å². The van der Waals surface area contributed by atoms with Crippen LogP contribution < -0.4 is 9.64 Å². The Bertz CT molecular complexity index is 863. The van der Waals surface area contributed by atoms with Crippen LogP contribution in [0.3, 0.4) is 0 Å². The van der Waals surface area contributed by atoms with Crippen molar-refractivity contribution in [3.8, 4) is 17.1 Å². The highest BCUT2D eigenvalue weighted by atomic mass is 16.5. The maximum absolute atomic E-state index is 5.97. The van der Waals surface area contributed by atoms with Gasteiger partial charge in [-0.15, -0.1) is 0 Å². The second kappa shape index (κ2) is 8.27. The first-order valence-electron chi connectivity index (χ1n) is 9.44. The molecule has 1 aliphatic heterocycles. The number of anilines is 1. The van der Waals surface area contributed by atoms with E-state index >= 15 is 0 Å². The molecule has 0 unspecified atom stereocenters. The first-order valence-corrected chi connectivity index (χ1v) is 9.44. The fourth-order valence-corrected chi connectivity index (χ4v) is 3.57. The minimum absolute atomic E-state index is 0.743. The number of methoxy groups -OCH3 is 1. The summed E-state index contributed by atoms with van der Waals surface area (Å²) >= 11 is 0. The number of oxazole rings is 1. The SMILES string of the molecule is COc1ccccc1N1CCCN(Cc2ncc(-c3ccccc3)o2)CC1. The quantitative estimate of drug-likeness (QED) is 0.684. The van der Waals surface area contributed by atoms with Crippen molar-refractivity contribution < 1.29 is 9.15 Å². The summed E-state index contributed by atoms with van der Waals surface area (Å²) in [5.41, 5.74) is 2.24. The van der Waals surface area contributed by atoms with Crippen LogP contribution in [0.2, 0.25) is 0 Å². The highest BCUT2D eigenvalue weighted by molar-refractivity contribution is 5.58. The molecule has 1 aliphatic rings. The summed E-state index contributed by atoms with van der Waals surface area (Å²) in [4.78, 5) is 9.30. The van der Waals surface area contributed by atoms with Crippen molar-refractivity contribution in [1.82, 2.24) is 9.88 Å². The number of ether oxygens (including phenoxy) is 1. The summed E-state index contributed by atoms with van der Waals surface area (Å²) < 4.78 is 11.5. The molecule has 1 aromatic heterocycles. The van der Waals surface area contributed by atoms with E-state index in [9.17, 15) is 0 Å². The predicted molar refractivity (Wildman–Crippen MR) is 107 cm³/mol. The molecule has 0 radical (unpaired) electrons. The molecule has 2 aromatic carbocycles. The molecule has 0 amide bonds. The number of nitrogens with zero attached hydrogens (tertiary/aromatic N) is 3. The lowest BCUT2D eigenvalue weighted by Gasteiger charge is -2.25. The van der Waals surface area contributed by atoms with Gasteiger partial charge in [-0.1, -0.05) is 42.5 Å². The van der Waals surface area contributed by atoms with Crippen molar-refractivity contribution in [2.24, 2.45) is 0 Å². The molecule has 0 N–H and O–H groups in total. The van der Waals surface area contributed by atoms with Crippen molar-refractivity contribution >= 4 is 5.69 Å². The van der Waals surface area contributed by atoms with Crippen LogP contribution in [-0.4, -0.2) is 43.2 Å². The lowest BCUT2D eigenvalue weighted by molar-refractivity contribution is 0.256. The summed E-state index contributed by atoms with van der Waals surface area (Å²) in [5.74, 6) is 2.54. The van der Waals surface area contributed by atoms with Crippen LogP contribution in [0.4, 0.5) is 5.69 Å². The number of rotatable bonds is 5. The van der Waals surface area contributed by atoms with Gasteiger partial charge in [0, 0.05) is 31.7 Å². The highest BCUT2D eigenvalue weighted by Crippen LogP contribution is 2.28. The molecule has 4 rings (SSSR count). The third-order valence-electron chi connectivity index (χ3n) is 4.99. The van der Waals surface area contributed by atoms with E-state index in [2.05, 4.69) is 26.9 Å². The Balaban J connectivity index is 1.40. The van der Waals surface area contributed by atoms with E-state index in [0.29, 0.717) is 0 Å². The van der Waals surface area contributed by atoms with Gasteiger partial charge in [0.2, 0.25) is 5.89 Å². The molecule has 5 heteroatoms.